The number of halogens is 1. The molecule has 4 aliphatic heterocycles. The van der Waals surface area contributed by atoms with Crippen molar-refractivity contribution < 1.29 is 115 Å². The van der Waals surface area contributed by atoms with Gasteiger partial charge in [-0.25, -0.2) is 4.79 Å². The standard InChI is InChI=1S/C13H20O7.C10H18O4.HI.Na.HO2Si/c14-12-4-3-10(19-12)7-16-5-1-2-6-17-8-11-9-18-13(15)20-11;1(3-11-5-9-7-13-9)2-4-12-6-10-8-14-10;;;1-3-2/h10-11H,1-9H2;9-10H,1-8H2;1H;;1H/q;;;+1;-1/p-1. The van der Waals surface area contributed by atoms with Crippen LogP contribution in [0, 0.1) is 0 Å². The van der Waals surface area contributed by atoms with E-state index in [1.54, 1.807) is 0 Å². The second kappa shape index (κ2) is 25.7. The first-order valence-corrected chi connectivity index (χ1v) is 13.5. The van der Waals surface area contributed by atoms with Crippen molar-refractivity contribution in [2.75, 3.05) is 72.7 Å². The van der Waals surface area contributed by atoms with E-state index in [9.17, 15) is 9.59 Å². The van der Waals surface area contributed by atoms with Crippen molar-refractivity contribution in [1.82, 2.24) is 0 Å². The number of hydrogen-bond donors (Lipinski definition) is 1. The topological polar surface area (TPSA) is 161 Å². The van der Waals surface area contributed by atoms with E-state index in [1.165, 1.54) is 0 Å². The molecule has 4 atom stereocenters. The SMILES string of the molecule is C(CCOCC1CO1)COCC1CO1.O=C1CCC(COCCCCOCC2COC(=O)O2)O1.O=[Si-]O.[I-].[Na+]. The molecule has 4 heterocycles. The van der Waals surface area contributed by atoms with Gasteiger partial charge in [-0.2, -0.15) is 0 Å². The van der Waals surface area contributed by atoms with Gasteiger partial charge in [0.15, 0.2) is 6.10 Å². The molecular formula is C23H39INaO13Si-. The molecule has 4 unspecified atom stereocenters. The van der Waals surface area contributed by atoms with E-state index in [0.717, 1.165) is 71.7 Å². The molecule has 0 saturated carbocycles. The largest absolute Gasteiger partial charge is 1.00 e. The number of ether oxygens (including phenoxy) is 9. The van der Waals surface area contributed by atoms with Crippen LogP contribution in [-0.4, -0.2) is 124 Å². The van der Waals surface area contributed by atoms with Crippen molar-refractivity contribution in [3.05, 3.63) is 0 Å². The fourth-order valence-corrected chi connectivity index (χ4v) is 3.15. The number of unbranched alkanes of at least 4 members (excludes halogenated alkanes) is 2. The number of esters is 1. The van der Waals surface area contributed by atoms with Crippen molar-refractivity contribution in [3.63, 3.8) is 0 Å². The van der Waals surface area contributed by atoms with E-state index in [4.69, 9.17) is 47.2 Å². The van der Waals surface area contributed by atoms with Gasteiger partial charge in [-0.1, -0.05) is 0 Å². The van der Waals surface area contributed by atoms with Gasteiger partial charge in [0.1, 0.15) is 24.9 Å². The molecule has 4 rings (SSSR count). The molecule has 4 aliphatic rings. The molecule has 0 radical (unpaired) electrons. The van der Waals surface area contributed by atoms with Crippen LogP contribution in [0.25, 0.3) is 0 Å². The van der Waals surface area contributed by atoms with Crippen molar-refractivity contribution in [2.45, 2.75) is 62.9 Å². The molecule has 0 aromatic rings. The summed E-state index contributed by atoms with van der Waals surface area (Å²) in [5.74, 6) is -0.136. The number of carbonyl (C=O) groups is 2. The van der Waals surface area contributed by atoms with Crippen LogP contribution in [0.3, 0.4) is 0 Å². The Balaban J connectivity index is 0.000000669. The van der Waals surface area contributed by atoms with E-state index in [0.29, 0.717) is 45.1 Å². The zero-order valence-electron chi connectivity index (χ0n) is 22.6. The average molecular weight is 702 g/mol. The first kappa shape index (κ1) is 39.0. The van der Waals surface area contributed by atoms with E-state index >= 15 is 0 Å². The van der Waals surface area contributed by atoms with Crippen LogP contribution in [0.15, 0.2) is 0 Å². The van der Waals surface area contributed by atoms with Gasteiger partial charge in [-0.15, -0.1) is 0 Å². The van der Waals surface area contributed by atoms with Crippen LogP contribution < -0.4 is 53.5 Å². The minimum Gasteiger partial charge on any atom is -1.00 e. The molecule has 222 valence electrons. The number of epoxide rings is 2. The Bertz CT molecular complexity index is 593. The molecule has 0 bridgehead atoms. The molecule has 39 heavy (non-hydrogen) atoms. The van der Waals surface area contributed by atoms with Gasteiger partial charge in [0.05, 0.1) is 49.3 Å². The second-order valence-electron chi connectivity index (χ2n) is 8.67. The third-order valence-electron chi connectivity index (χ3n) is 5.29. The number of hydrogen-bond acceptors (Lipinski definition) is 12. The first-order valence-electron chi connectivity index (χ1n) is 12.7. The summed E-state index contributed by atoms with van der Waals surface area (Å²) < 4.78 is 54.6. The zero-order valence-corrected chi connectivity index (χ0v) is 27.7. The monoisotopic (exact) mass is 701 g/mol. The van der Waals surface area contributed by atoms with Crippen LogP contribution in [0.5, 0.6) is 0 Å². The third-order valence-corrected chi connectivity index (χ3v) is 5.29. The summed E-state index contributed by atoms with van der Waals surface area (Å²) in [5.41, 5.74) is 0. The summed E-state index contributed by atoms with van der Waals surface area (Å²) >= 11 is 0. The van der Waals surface area contributed by atoms with Crippen molar-refractivity contribution in [1.29, 1.82) is 0 Å². The predicted molar refractivity (Wildman–Crippen MR) is 125 cm³/mol. The molecule has 0 aromatic heterocycles. The van der Waals surface area contributed by atoms with Crippen LogP contribution in [0.4, 0.5) is 4.79 Å². The third kappa shape index (κ3) is 23.3. The molecule has 0 aliphatic carbocycles. The number of rotatable bonds is 18. The van der Waals surface area contributed by atoms with Crippen molar-refractivity contribution in [2.24, 2.45) is 0 Å². The Kier molecular flexibility index (Phi) is 25.8. The van der Waals surface area contributed by atoms with Gasteiger partial charge >= 0.3 is 41.7 Å². The number of cyclic esters (lactones) is 3. The summed E-state index contributed by atoms with van der Waals surface area (Å²) in [6.45, 7) is 7.25. The summed E-state index contributed by atoms with van der Waals surface area (Å²) in [6.07, 6.45) is 4.92. The van der Waals surface area contributed by atoms with Gasteiger partial charge in [-0.05, 0) is 32.1 Å². The smallest absolute Gasteiger partial charge is 1.00 e. The number of carbonyl (C=O) groups excluding carboxylic acids is 2. The summed E-state index contributed by atoms with van der Waals surface area (Å²) in [7, 11) is -1.17. The fraction of sp³-hybridized carbons (Fsp3) is 0.913. The van der Waals surface area contributed by atoms with Gasteiger partial charge in [-0.3, -0.25) is 4.79 Å². The molecule has 4 fully saturated rings. The van der Waals surface area contributed by atoms with E-state index in [1.807, 2.05) is 0 Å². The summed E-state index contributed by atoms with van der Waals surface area (Å²) in [6, 6.07) is 0. The van der Waals surface area contributed by atoms with E-state index in [-0.39, 0.29) is 78.3 Å². The molecule has 13 nitrogen and oxygen atoms in total. The van der Waals surface area contributed by atoms with Crippen LogP contribution in [0.2, 0.25) is 0 Å². The van der Waals surface area contributed by atoms with E-state index in [2.05, 4.69) is 4.74 Å². The Morgan fingerprint density at radius 3 is 1.46 bits per heavy atom. The first-order chi connectivity index (χ1) is 18.1. The minimum absolute atomic E-state index is 0. The molecule has 0 aromatic carbocycles. The Morgan fingerprint density at radius 2 is 1.13 bits per heavy atom. The molecule has 1 N–H and O–H groups in total. The van der Waals surface area contributed by atoms with Crippen LogP contribution in [-0.2, 0) is 51.9 Å². The average Bonchev–Trinajstić information content (AvgIpc) is 3.80. The zero-order chi connectivity index (χ0) is 26.6. The van der Waals surface area contributed by atoms with Gasteiger partial charge < -0.3 is 75.9 Å². The predicted octanol–water partition coefficient (Wildman–Crippen LogP) is -5.41. The molecule has 4 saturated heterocycles. The van der Waals surface area contributed by atoms with E-state index < -0.39 is 15.8 Å². The summed E-state index contributed by atoms with van der Waals surface area (Å²) in [5, 5.41) is 0. The molecule has 0 spiro atoms. The van der Waals surface area contributed by atoms with Gasteiger partial charge in [0.25, 0.3) is 0 Å². The van der Waals surface area contributed by atoms with Gasteiger partial charge in [0, 0.05) is 32.8 Å². The Morgan fingerprint density at radius 1 is 0.718 bits per heavy atom. The van der Waals surface area contributed by atoms with Crippen molar-refractivity contribution in [3.8, 4) is 0 Å². The maximum atomic E-state index is 10.9. The maximum absolute atomic E-state index is 10.9. The summed E-state index contributed by atoms with van der Waals surface area (Å²) in [4.78, 5) is 28.5. The van der Waals surface area contributed by atoms with Crippen LogP contribution >= 0.6 is 0 Å². The Labute approximate surface area is 270 Å². The second-order valence-corrected chi connectivity index (χ2v) is 8.85. The molecule has 0 amide bonds. The van der Waals surface area contributed by atoms with Crippen LogP contribution in [0.1, 0.15) is 38.5 Å². The Hall–Kier alpha value is 0.0469. The fourth-order valence-electron chi connectivity index (χ4n) is 3.15. The normalized spacial score (nSPS) is 23.8. The quantitative estimate of drug-likeness (QED) is 0.0475. The van der Waals surface area contributed by atoms with Gasteiger partial charge in [0.2, 0.25) is 0 Å². The molecule has 16 heteroatoms. The molecular weight excluding hydrogens is 662 g/mol. The van der Waals surface area contributed by atoms with Crippen molar-refractivity contribution >= 4 is 21.8 Å². The maximum Gasteiger partial charge on any atom is 1.00 e. The minimum atomic E-state index is -1.17.